The molecule has 3 nitrogen and oxygen atoms in total. The largest absolute Gasteiger partial charge is 0.252 e. The molecule has 0 bridgehead atoms. The van der Waals surface area contributed by atoms with E-state index in [9.17, 15) is 0 Å². The summed E-state index contributed by atoms with van der Waals surface area (Å²) >= 11 is 0. The van der Waals surface area contributed by atoms with Crippen molar-refractivity contribution in [1.29, 1.82) is 0 Å². The van der Waals surface area contributed by atoms with E-state index in [0.717, 1.165) is 17.9 Å². The number of nitrogens with zero attached hydrogens (tertiary/aromatic N) is 3. The van der Waals surface area contributed by atoms with Gasteiger partial charge < -0.3 is 0 Å². The third kappa shape index (κ3) is 3.86. The van der Waals surface area contributed by atoms with E-state index in [-0.39, 0.29) is 0 Å². The zero-order valence-electron chi connectivity index (χ0n) is 8.40. The van der Waals surface area contributed by atoms with Crippen molar-refractivity contribution in [3.05, 3.63) is 6.20 Å². The maximum atomic E-state index is 3.99. The van der Waals surface area contributed by atoms with Crippen LogP contribution in [-0.4, -0.2) is 15.0 Å². The molecule has 0 saturated heterocycles. The smallest absolute Gasteiger partial charge is 0.0990 e. The van der Waals surface area contributed by atoms with Gasteiger partial charge in [0.25, 0.3) is 0 Å². The molecule has 0 amide bonds. The quantitative estimate of drug-likeness (QED) is 0.674. The molecular formula is C9H18N3P. The summed E-state index contributed by atoms with van der Waals surface area (Å²) in [6, 6.07) is 0. The molecule has 4 heteroatoms. The van der Waals surface area contributed by atoms with Gasteiger partial charge in [0.1, 0.15) is 0 Å². The van der Waals surface area contributed by atoms with Crippen LogP contribution in [0.5, 0.6) is 0 Å². The highest BCUT2D eigenvalue weighted by molar-refractivity contribution is 7.26. The van der Waals surface area contributed by atoms with Gasteiger partial charge in [0, 0.05) is 6.54 Å². The molecule has 1 heterocycles. The highest BCUT2D eigenvalue weighted by atomic mass is 31.0. The molecule has 0 radical (unpaired) electrons. The lowest BCUT2D eigenvalue weighted by atomic mass is 10.0. The first-order valence-corrected chi connectivity index (χ1v) is 5.45. The van der Waals surface area contributed by atoms with Crippen molar-refractivity contribution in [1.82, 2.24) is 15.0 Å². The van der Waals surface area contributed by atoms with Gasteiger partial charge in [-0.05, 0) is 12.3 Å². The number of rotatable bonds is 5. The number of hydrogen-bond donors (Lipinski definition) is 0. The predicted molar refractivity (Wildman–Crippen MR) is 58.1 cm³/mol. The van der Waals surface area contributed by atoms with Gasteiger partial charge in [-0.2, -0.15) is 0 Å². The van der Waals surface area contributed by atoms with Gasteiger partial charge in [0.05, 0.1) is 11.6 Å². The molecule has 0 aromatic carbocycles. The maximum Gasteiger partial charge on any atom is 0.0990 e. The van der Waals surface area contributed by atoms with E-state index >= 15 is 0 Å². The SMILES string of the molecule is CCCC(C)CCn1cc(P)nn1. The zero-order chi connectivity index (χ0) is 9.68. The first kappa shape index (κ1) is 10.6. The summed E-state index contributed by atoms with van der Waals surface area (Å²) in [6.07, 6.45) is 5.74. The van der Waals surface area contributed by atoms with Crippen LogP contribution in [0.3, 0.4) is 0 Å². The van der Waals surface area contributed by atoms with Crippen LogP contribution in [0.25, 0.3) is 0 Å². The summed E-state index contributed by atoms with van der Waals surface area (Å²) < 4.78 is 1.91. The average molecular weight is 199 g/mol. The Morgan fingerprint density at radius 2 is 2.31 bits per heavy atom. The molecule has 0 aliphatic heterocycles. The van der Waals surface area contributed by atoms with Gasteiger partial charge in [0.15, 0.2) is 0 Å². The van der Waals surface area contributed by atoms with Crippen LogP contribution in [-0.2, 0) is 6.54 Å². The molecule has 2 unspecified atom stereocenters. The molecule has 74 valence electrons. The second kappa shape index (κ2) is 5.33. The van der Waals surface area contributed by atoms with Crippen LogP contribution in [0.1, 0.15) is 33.1 Å². The third-order valence-electron chi connectivity index (χ3n) is 2.19. The van der Waals surface area contributed by atoms with Crippen LogP contribution < -0.4 is 5.44 Å². The Bertz CT molecular complexity index is 247. The number of aromatic nitrogens is 3. The van der Waals surface area contributed by atoms with Crippen molar-refractivity contribution < 1.29 is 0 Å². The minimum absolute atomic E-state index is 0.794. The molecule has 13 heavy (non-hydrogen) atoms. The van der Waals surface area contributed by atoms with Gasteiger partial charge in [-0.15, -0.1) is 5.10 Å². The summed E-state index contributed by atoms with van der Waals surface area (Å²) in [7, 11) is 2.55. The Balaban J connectivity index is 2.26. The summed E-state index contributed by atoms with van der Waals surface area (Å²) in [5.41, 5.74) is 0.920. The van der Waals surface area contributed by atoms with Gasteiger partial charge >= 0.3 is 0 Å². The van der Waals surface area contributed by atoms with Crippen LogP contribution >= 0.6 is 9.24 Å². The van der Waals surface area contributed by atoms with Crippen molar-refractivity contribution in [3.8, 4) is 0 Å². The van der Waals surface area contributed by atoms with E-state index in [1.165, 1.54) is 19.3 Å². The van der Waals surface area contributed by atoms with E-state index in [2.05, 4.69) is 33.4 Å². The second-order valence-corrected chi connectivity index (χ2v) is 4.18. The molecule has 0 aliphatic carbocycles. The van der Waals surface area contributed by atoms with E-state index in [1.54, 1.807) is 0 Å². The van der Waals surface area contributed by atoms with E-state index in [0.29, 0.717) is 0 Å². The Morgan fingerprint density at radius 3 is 2.85 bits per heavy atom. The molecule has 0 N–H and O–H groups in total. The summed E-state index contributed by atoms with van der Waals surface area (Å²) in [5, 5.41) is 7.91. The van der Waals surface area contributed by atoms with E-state index < -0.39 is 0 Å². The van der Waals surface area contributed by atoms with Gasteiger partial charge in [-0.3, -0.25) is 4.68 Å². The van der Waals surface area contributed by atoms with Crippen molar-refractivity contribution in [2.24, 2.45) is 5.92 Å². The van der Waals surface area contributed by atoms with Crippen molar-refractivity contribution in [3.63, 3.8) is 0 Å². The summed E-state index contributed by atoms with van der Waals surface area (Å²) in [4.78, 5) is 0. The Hall–Kier alpha value is -0.430. The standard InChI is InChI=1S/C9H18N3P/c1-3-4-8(2)5-6-12-7-9(13)10-11-12/h7-8H,3-6,13H2,1-2H3. The average Bonchev–Trinajstić information content (AvgIpc) is 2.49. The molecule has 0 aliphatic rings. The molecule has 1 aromatic rings. The normalized spacial score (nSPS) is 13.2. The molecule has 1 aromatic heterocycles. The van der Waals surface area contributed by atoms with Gasteiger partial charge in [0.2, 0.25) is 0 Å². The highest BCUT2D eigenvalue weighted by Crippen LogP contribution is 2.10. The molecule has 2 atom stereocenters. The summed E-state index contributed by atoms with van der Waals surface area (Å²) in [5.74, 6) is 0.794. The second-order valence-electron chi connectivity index (χ2n) is 3.59. The first-order valence-electron chi connectivity index (χ1n) is 4.88. The Kier molecular flexibility index (Phi) is 4.37. The fourth-order valence-electron chi connectivity index (χ4n) is 1.41. The van der Waals surface area contributed by atoms with Gasteiger partial charge in [-0.25, -0.2) is 0 Å². The molecule has 0 fully saturated rings. The van der Waals surface area contributed by atoms with Crippen molar-refractivity contribution >= 4 is 14.7 Å². The monoisotopic (exact) mass is 199 g/mol. The highest BCUT2D eigenvalue weighted by Gasteiger charge is 2.01. The third-order valence-corrected chi connectivity index (χ3v) is 2.45. The Morgan fingerprint density at radius 1 is 1.54 bits per heavy atom. The maximum absolute atomic E-state index is 3.99. The zero-order valence-corrected chi connectivity index (χ0v) is 9.56. The van der Waals surface area contributed by atoms with E-state index in [1.807, 2.05) is 10.9 Å². The summed E-state index contributed by atoms with van der Waals surface area (Å²) in [6.45, 7) is 5.51. The fourth-order valence-corrected chi connectivity index (χ4v) is 1.64. The van der Waals surface area contributed by atoms with Crippen molar-refractivity contribution in [2.75, 3.05) is 0 Å². The lowest BCUT2D eigenvalue weighted by molar-refractivity contribution is 0.426. The molecule has 1 rings (SSSR count). The minimum atomic E-state index is 0.794. The predicted octanol–water partition coefficient (Wildman–Crippen LogP) is 1.60. The Labute approximate surface area is 82.1 Å². The van der Waals surface area contributed by atoms with Gasteiger partial charge in [-0.1, -0.05) is 41.1 Å². The van der Waals surface area contributed by atoms with Crippen molar-refractivity contribution in [2.45, 2.75) is 39.7 Å². The minimum Gasteiger partial charge on any atom is -0.252 e. The van der Waals surface area contributed by atoms with E-state index in [4.69, 9.17) is 0 Å². The molecule has 0 spiro atoms. The van der Waals surface area contributed by atoms with Crippen LogP contribution in [0.4, 0.5) is 0 Å². The number of aryl methyl sites for hydroxylation is 1. The topological polar surface area (TPSA) is 30.7 Å². The number of hydrogen-bond acceptors (Lipinski definition) is 2. The lowest BCUT2D eigenvalue weighted by Crippen LogP contribution is -2.04. The lowest BCUT2D eigenvalue weighted by Gasteiger charge is -2.08. The molecule has 0 saturated carbocycles. The van der Waals surface area contributed by atoms with Crippen LogP contribution in [0.2, 0.25) is 0 Å². The fraction of sp³-hybridized carbons (Fsp3) is 0.778. The molecular weight excluding hydrogens is 181 g/mol. The van der Waals surface area contributed by atoms with Crippen LogP contribution in [0, 0.1) is 5.92 Å². The first-order chi connectivity index (χ1) is 6.22. The van der Waals surface area contributed by atoms with Crippen LogP contribution in [0.15, 0.2) is 6.20 Å².